The SMILES string of the molecule is [2H]C([2H])(c1ccc(OCC)c(F)c1)c1cc([C@]2(OC)OC(CO)(CO)[C@@H](OCc3ccccc3)[C@H](OCc3ccccc3)[C@H]2OCc2ccccc2)ccc1Cl. The van der Waals surface area contributed by atoms with E-state index in [0.29, 0.717) is 0 Å². The van der Waals surface area contributed by atoms with E-state index in [2.05, 4.69) is 0 Å². The van der Waals surface area contributed by atoms with Gasteiger partial charge in [0.2, 0.25) is 5.79 Å². The number of aliphatic hydroxyl groups excluding tert-OH is 2. The number of halogens is 2. The molecule has 6 rings (SSSR count). The Morgan fingerprint density at radius 3 is 1.80 bits per heavy atom. The lowest BCUT2D eigenvalue weighted by atomic mass is 9.80. The summed E-state index contributed by atoms with van der Waals surface area (Å²) in [5.74, 6) is -2.71. The molecule has 4 atom stereocenters. The quantitative estimate of drug-likeness (QED) is 0.0994. The molecule has 1 aliphatic heterocycles. The standard InChI is InChI=1S/C44H46ClFO8/c1-3-50-39-22-19-34(24-38(39)46)23-35-25-36(20-21-37(35)45)44(49-2)42(53-28-33-17-11-6-12-18-33)40(51-26-31-13-7-4-8-14-31)41(43(29-47,30-48)54-44)52-27-32-15-9-5-10-16-32/h4-22,24-25,40-42,47-48H,3,23,26-30H2,1-2H3/t40-,41-,42+,44-/m0/s1/i23D2. The van der Waals surface area contributed by atoms with E-state index in [-0.39, 0.29) is 53.9 Å². The molecule has 1 aliphatic rings. The van der Waals surface area contributed by atoms with Gasteiger partial charge < -0.3 is 38.6 Å². The van der Waals surface area contributed by atoms with Crippen molar-refractivity contribution < 1.29 is 45.8 Å². The molecule has 1 heterocycles. The molecule has 0 aromatic heterocycles. The van der Waals surface area contributed by atoms with Crippen molar-refractivity contribution in [2.24, 2.45) is 0 Å². The average molecular weight is 759 g/mol. The van der Waals surface area contributed by atoms with Crippen molar-refractivity contribution in [3.8, 4) is 5.75 Å². The molecule has 1 fully saturated rings. The van der Waals surface area contributed by atoms with Gasteiger partial charge in [-0.1, -0.05) is 115 Å². The second-order valence-corrected chi connectivity index (χ2v) is 13.4. The monoisotopic (exact) mass is 758 g/mol. The lowest BCUT2D eigenvalue weighted by Gasteiger charge is -2.56. The van der Waals surface area contributed by atoms with Gasteiger partial charge in [-0.25, -0.2) is 4.39 Å². The highest BCUT2D eigenvalue weighted by Gasteiger charge is 2.64. The van der Waals surface area contributed by atoms with E-state index < -0.39 is 55.1 Å². The zero-order valence-corrected chi connectivity index (χ0v) is 31.0. The fourth-order valence-corrected chi connectivity index (χ4v) is 6.81. The molecule has 2 N–H and O–H groups in total. The van der Waals surface area contributed by atoms with Crippen LogP contribution in [0.5, 0.6) is 5.75 Å². The van der Waals surface area contributed by atoms with Crippen LogP contribution in [0.25, 0.3) is 0 Å². The van der Waals surface area contributed by atoms with Crippen LogP contribution < -0.4 is 4.74 Å². The number of methoxy groups -OCH3 is 1. The van der Waals surface area contributed by atoms with E-state index in [4.69, 9.17) is 40.0 Å². The predicted octanol–water partition coefficient (Wildman–Crippen LogP) is 7.78. The van der Waals surface area contributed by atoms with Crippen molar-refractivity contribution >= 4 is 11.6 Å². The molecule has 284 valence electrons. The van der Waals surface area contributed by atoms with Crippen molar-refractivity contribution in [1.82, 2.24) is 0 Å². The van der Waals surface area contributed by atoms with E-state index in [1.807, 2.05) is 91.0 Å². The van der Waals surface area contributed by atoms with Crippen LogP contribution in [0.1, 0.15) is 43.0 Å². The fourth-order valence-electron chi connectivity index (χ4n) is 6.64. The molecular weight excluding hydrogens is 711 g/mol. The summed E-state index contributed by atoms with van der Waals surface area (Å²) in [5.41, 5.74) is 0.847. The highest BCUT2D eigenvalue weighted by atomic mass is 35.5. The summed E-state index contributed by atoms with van der Waals surface area (Å²) in [5, 5.41) is 22.5. The highest BCUT2D eigenvalue weighted by molar-refractivity contribution is 6.31. The number of rotatable bonds is 17. The Kier molecular flexibility index (Phi) is 12.6. The summed E-state index contributed by atoms with van der Waals surface area (Å²) in [4.78, 5) is 0. The normalized spacial score (nSPS) is 21.6. The van der Waals surface area contributed by atoms with E-state index in [9.17, 15) is 13.0 Å². The minimum absolute atomic E-state index is 0.00539. The second kappa shape index (κ2) is 18.4. The van der Waals surface area contributed by atoms with Crippen LogP contribution in [0.3, 0.4) is 0 Å². The van der Waals surface area contributed by atoms with Gasteiger partial charge in [0.15, 0.2) is 11.6 Å². The molecule has 0 saturated carbocycles. The molecular formula is C44H46ClFO8. The van der Waals surface area contributed by atoms with E-state index in [0.717, 1.165) is 22.8 Å². The molecule has 0 radical (unpaired) electrons. The molecule has 0 bridgehead atoms. The molecule has 5 aromatic rings. The van der Waals surface area contributed by atoms with Gasteiger partial charge in [0.25, 0.3) is 0 Å². The Bertz CT molecular complexity index is 2010. The van der Waals surface area contributed by atoms with Crippen LogP contribution in [0, 0.1) is 5.82 Å². The van der Waals surface area contributed by atoms with Crippen LogP contribution in [-0.4, -0.2) is 61.1 Å². The first-order chi connectivity index (χ1) is 27.1. The Labute approximate surface area is 323 Å². The third kappa shape index (κ3) is 8.86. The summed E-state index contributed by atoms with van der Waals surface area (Å²) in [7, 11) is 1.39. The van der Waals surface area contributed by atoms with Gasteiger partial charge >= 0.3 is 0 Å². The minimum Gasteiger partial charge on any atom is -0.491 e. The summed E-state index contributed by atoms with van der Waals surface area (Å²) < 4.78 is 72.3. The topological polar surface area (TPSA) is 95.8 Å². The maximum atomic E-state index is 15.1. The van der Waals surface area contributed by atoms with Gasteiger partial charge in [-0.15, -0.1) is 0 Å². The predicted molar refractivity (Wildman–Crippen MR) is 204 cm³/mol. The lowest BCUT2D eigenvalue weighted by Crippen LogP contribution is -2.72. The van der Waals surface area contributed by atoms with Gasteiger partial charge in [0.1, 0.15) is 23.9 Å². The van der Waals surface area contributed by atoms with E-state index >= 15 is 4.39 Å². The van der Waals surface area contributed by atoms with Crippen molar-refractivity contribution in [3.63, 3.8) is 0 Å². The molecule has 10 heteroatoms. The van der Waals surface area contributed by atoms with Gasteiger partial charge in [-0.2, -0.15) is 0 Å². The Hall–Kier alpha value is -4.16. The van der Waals surface area contributed by atoms with Crippen molar-refractivity contribution in [2.45, 2.75) is 62.8 Å². The van der Waals surface area contributed by atoms with Gasteiger partial charge in [-0.3, -0.25) is 0 Å². The van der Waals surface area contributed by atoms with Crippen LogP contribution >= 0.6 is 11.6 Å². The molecule has 5 aromatic carbocycles. The number of ether oxygens (including phenoxy) is 6. The van der Waals surface area contributed by atoms with Gasteiger partial charge in [-0.05, 0) is 65.4 Å². The van der Waals surface area contributed by atoms with Gasteiger partial charge in [0, 0.05) is 20.4 Å². The highest BCUT2D eigenvalue weighted by Crippen LogP contribution is 2.48. The maximum Gasteiger partial charge on any atom is 0.225 e. The molecule has 0 spiro atoms. The second-order valence-electron chi connectivity index (χ2n) is 12.9. The fraction of sp³-hybridized carbons (Fsp3) is 0.318. The Balaban J connectivity index is 1.51. The lowest BCUT2D eigenvalue weighted by molar-refractivity contribution is -0.417. The first kappa shape index (κ1) is 36.8. The number of hydrogen-bond donors (Lipinski definition) is 2. The molecule has 0 amide bonds. The average Bonchev–Trinajstić information content (AvgIpc) is 3.23. The summed E-state index contributed by atoms with van der Waals surface area (Å²) >= 11 is 6.74. The van der Waals surface area contributed by atoms with Gasteiger partial charge in [0.05, 0.1) is 39.6 Å². The molecule has 54 heavy (non-hydrogen) atoms. The number of hydrogen-bond acceptors (Lipinski definition) is 8. The van der Waals surface area contributed by atoms with Crippen molar-refractivity contribution in [2.75, 3.05) is 26.9 Å². The summed E-state index contributed by atoms with van der Waals surface area (Å²) in [6.07, 6.45) is -5.72. The first-order valence-corrected chi connectivity index (χ1v) is 18.2. The van der Waals surface area contributed by atoms with Crippen LogP contribution in [0.2, 0.25) is 5.02 Å². The zero-order valence-electron chi connectivity index (χ0n) is 32.2. The number of benzene rings is 5. The third-order valence-electron chi connectivity index (χ3n) is 9.39. The number of aliphatic hydroxyl groups is 2. The molecule has 1 saturated heterocycles. The van der Waals surface area contributed by atoms with E-state index in [1.54, 1.807) is 13.0 Å². The molecule has 8 nitrogen and oxygen atoms in total. The largest absolute Gasteiger partial charge is 0.491 e. The third-order valence-corrected chi connectivity index (χ3v) is 9.72. The Morgan fingerprint density at radius 1 is 0.722 bits per heavy atom. The zero-order chi connectivity index (χ0) is 39.8. The smallest absolute Gasteiger partial charge is 0.225 e. The van der Waals surface area contributed by atoms with Crippen molar-refractivity contribution in [1.29, 1.82) is 0 Å². The molecule has 0 unspecified atom stereocenters. The van der Waals surface area contributed by atoms with E-state index in [1.165, 1.54) is 31.4 Å². The van der Waals surface area contributed by atoms with Crippen LogP contribution in [0.15, 0.2) is 127 Å². The van der Waals surface area contributed by atoms with Crippen LogP contribution in [-0.2, 0) is 55.7 Å². The van der Waals surface area contributed by atoms with Crippen molar-refractivity contribution in [3.05, 3.63) is 172 Å². The van der Waals surface area contributed by atoms with Crippen LogP contribution in [0.4, 0.5) is 4.39 Å². The Morgan fingerprint density at radius 2 is 1.28 bits per heavy atom. The summed E-state index contributed by atoms with van der Waals surface area (Å²) in [6, 6.07) is 36.8. The first-order valence-electron chi connectivity index (χ1n) is 18.8. The maximum absolute atomic E-state index is 15.1. The minimum atomic E-state index is -2.34. The molecule has 0 aliphatic carbocycles. The summed E-state index contributed by atoms with van der Waals surface area (Å²) in [6.45, 7) is 0.749.